The molecule has 10 heteroatoms. The first-order chi connectivity index (χ1) is 16.2. The van der Waals surface area contributed by atoms with Gasteiger partial charge in [-0.3, -0.25) is 0 Å². The molecule has 0 radical (unpaired) electrons. The Labute approximate surface area is 205 Å². The summed E-state index contributed by atoms with van der Waals surface area (Å²) in [6.45, 7) is 5.50. The third-order valence-electron chi connectivity index (χ3n) is 5.29. The number of aromatic nitrogens is 2. The molecule has 0 aliphatic rings. The molecule has 0 fully saturated rings. The highest BCUT2D eigenvalue weighted by Gasteiger charge is 2.25. The molecule has 182 valence electrons. The molecule has 1 heterocycles. The largest absolute Gasteiger partial charge is 0.383 e. The first-order valence-corrected chi connectivity index (χ1v) is 12.9. The van der Waals surface area contributed by atoms with Crippen LogP contribution in [0.4, 0.5) is 10.1 Å². The summed E-state index contributed by atoms with van der Waals surface area (Å²) in [6.07, 6.45) is 1.57. The molecule has 0 spiro atoms. The number of nitrogens with one attached hydrogen (secondary N) is 1. The Balaban J connectivity index is 1.83. The van der Waals surface area contributed by atoms with Crippen molar-refractivity contribution in [3.8, 4) is 0 Å². The fourth-order valence-corrected chi connectivity index (χ4v) is 5.24. The fraction of sp³-hybridized carbons (Fsp3) is 0.333. The number of rotatable bonds is 10. The molecular formula is C24H29FN4O3S2. The first-order valence-electron chi connectivity index (χ1n) is 10.9. The summed E-state index contributed by atoms with van der Waals surface area (Å²) in [5.41, 5.74) is 3.13. The van der Waals surface area contributed by atoms with Crippen LogP contribution < -0.4 is 5.32 Å². The number of ether oxygens (including phenoxy) is 1. The van der Waals surface area contributed by atoms with Gasteiger partial charge in [-0.2, -0.15) is 0 Å². The lowest BCUT2D eigenvalue weighted by atomic mass is 10.2. The van der Waals surface area contributed by atoms with Crippen molar-refractivity contribution < 1.29 is 17.5 Å². The van der Waals surface area contributed by atoms with Gasteiger partial charge in [-0.15, -0.1) is 0 Å². The van der Waals surface area contributed by atoms with Gasteiger partial charge >= 0.3 is 0 Å². The summed E-state index contributed by atoms with van der Waals surface area (Å²) >= 11 is 5.55. The van der Waals surface area contributed by atoms with Crippen LogP contribution in [0, 0.1) is 12.7 Å². The van der Waals surface area contributed by atoms with Gasteiger partial charge in [0.1, 0.15) is 5.82 Å². The van der Waals surface area contributed by atoms with Gasteiger partial charge in [0.2, 0.25) is 15.0 Å². The molecule has 3 rings (SSSR count). The van der Waals surface area contributed by atoms with Crippen molar-refractivity contribution in [2.45, 2.75) is 37.8 Å². The zero-order valence-corrected chi connectivity index (χ0v) is 21.1. The average Bonchev–Trinajstić information content (AvgIpc) is 3.22. The smallest absolute Gasteiger partial charge is 0.228 e. The van der Waals surface area contributed by atoms with Crippen molar-refractivity contribution in [1.82, 2.24) is 14.5 Å². The maximum absolute atomic E-state index is 13.2. The molecule has 0 bridgehead atoms. The van der Waals surface area contributed by atoms with E-state index in [2.05, 4.69) is 10.3 Å². The quantitative estimate of drug-likeness (QED) is 0.415. The summed E-state index contributed by atoms with van der Waals surface area (Å²) in [5, 5.41) is 3.55. The Morgan fingerprint density at radius 3 is 2.47 bits per heavy atom. The van der Waals surface area contributed by atoms with Crippen LogP contribution in [0.5, 0.6) is 0 Å². The number of imidazole rings is 1. The summed E-state index contributed by atoms with van der Waals surface area (Å²) in [6, 6.07) is 13.3. The summed E-state index contributed by atoms with van der Waals surface area (Å²) < 4.78 is 46.6. The average molecular weight is 505 g/mol. The number of thiocarbonyl (C=S) groups is 1. The van der Waals surface area contributed by atoms with E-state index in [1.54, 1.807) is 30.0 Å². The molecule has 0 aliphatic carbocycles. The lowest BCUT2D eigenvalue weighted by molar-refractivity contribution is 0.182. The molecule has 0 saturated carbocycles. The number of hydrogen-bond donors (Lipinski definition) is 1. The van der Waals surface area contributed by atoms with E-state index in [-0.39, 0.29) is 16.7 Å². The Morgan fingerprint density at radius 1 is 1.18 bits per heavy atom. The van der Waals surface area contributed by atoms with Crippen molar-refractivity contribution in [3.63, 3.8) is 0 Å². The zero-order valence-electron chi connectivity index (χ0n) is 19.5. The van der Waals surface area contributed by atoms with Gasteiger partial charge in [0.05, 0.1) is 30.8 Å². The molecule has 0 unspecified atom stereocenters. The molecule has 34 heavy (non-hydrogen) atoms. The van der Waals surface area contributed by atoms with Crippen molar-refractivity contribution >= 4 is 32.9 Å². The van der Waals surface area contributed by atoms with Gasteiger partial charge in [0, 0.05) is 25.9 Å². The van der Waals surface area contributed by atoms with Crippen molar-refractivity contribution in [3.05, 3.63) is 77.4 Å². The molecule has 0 saturated heterocycles. The standard InChI is InChI=1S/C24H29FN4O3S2/c1-4-28(23(33)27-21-11-9-20(25)10-12-21)16-22-15-26-24(29(22)13-14-32-3)34(30,31)17-19-7-5-18(2)6-8-19/h5-12,15H,4,13-14,16-17H2,1-3H3,(H,27,33). The minimum atomic E-state index is -3.69. The normalized spacial score (nSPS) is 11.4. The van der Waals surface area contributed by atoms with Crippen LogP contribution in [0.2, 0.25) is 0 Å². The number of halogens is 1. The molecule has 3 aromatic rings. The van der Waals surface area contributed by atoms with Crippen LogP contribution in [0.25, 0.3) is 0 Å². The predicted molar refractivity (Wildman–Crippen MR) is 135 cm³/mol. The number of aryl methyl sites for hydroxylation is 1. The fourth-order valence-electron chi connectivity index (χ4n) is 3.41. The maximum Gasteiger partial charge on any atom is 0.228 e. The Hall–Kier alpha value is -2.82. The highest BCUT2D eigenvalue weighted by molar-refractivity contribution is 7.90. The van der Waals surface area contributed by atoms with E-state index in [9.17, 15) is 12.8 Å². The Morgan fingerprint density at radius 2 is 1.85 bits per heavy atom. The number of anilines is 1. The minimum Gasteiger partial charge on any atom is -0.383 e. The molecule has 7 nitrogen and oxygen atoms in total. The van der Waals surface area contributed by atoms with Gasteiger partial charge < -0.3 is 19.5 Å². The Kier molecular flexibility index (Phi) is 8.76. The SMILES string of the molecule is CCN(Cc1cnc(S(=O)(=O)Cc2ccc(C)cc2)n1CCOC)C(=S)Nc1ccc(F)cc1. The third-order valence-corrected chi connectivity index (χ3v) is 7.25. The van der Waals surface area contributed by atoms with Crippen LogP contribution in [-0.2, 0) is 33.4 Å². The second kappa shape index (κ2) is 11.5. The minimum absolute atomic E-state index is 0.00795. The van der Waals surface area contributed by atoms with Crippen LogP contribution in [0.1, 0.15) is 23.7 Å². The second-order valence-electron chi connectivity index (χ2n) is 7.87. The number of sulfone groups is 1. The summed E-state index contributed by atoms with van der Waals surface area (Å²) in [5.74, 6) is -0.469. The topological polar surface area (TPSA) is 76.5 Å². The number of methoxy groups -OCH3 is 1. The highest BCUT2D eigenvalue weighted by atomic mass is 32.2. The molecule has 2 aromatic carbocycles. The summed E-state index contributed by atoms with van der Waals surface area (Å²) in [4.78, 5) is 6.17. The van der Waals surface area contributed by atoms with Gasteiger partial charge in [-0.1, -0.05) is 29.8 Å². The predicted octanol–water partition coefficient (Wildman–Crippen LogP) is 4.17. The van der Waals surface area contributed by atoms with E-state index in [0.717, 1.165) is 5.56 Å². The van der Waals surface area contributed by atoms with Gasteiger partial charge in [-0.25, -0.2) is 17.8 Å². The van der Waals surface area contributed by atoms with E-state index < -0.39 is 9.84 Å². The van der Waals surface area contributed by atoms with Crippen molar-refractivity contribution in [2.24, 2.45) is 0 Å². The monoisotopic (exact) mass is 504 g/mol. The van der Waals surface area contributed by atoms with Gasteiger partial charge in [0.15, 0.2) is 5.11 Å². The molecule has 0 amide bonds. The Bertz CT molecular complexity index is 1210. The lowest BCUT2D eigenvalue weighted by Gasteiger charge is -2.25. The van der Waals surface area contributed by atoms with E-state index >= 15 is 0 Å². The first kappa shape index (κ1) is 25.8. The summed E-state index contributed by atoms with van der Waals surface area (Å²) in [7, 11) is -2.12. The number of nitrogens with zero attached hydrogens (tertiary/aromatic N) is 3. The molecule has 0 atom stereocenters. The van der Waals surface area contributed by atoms with E-state index in [1.165, 1.54) is 12.1 Å². The van der Waals surface area contributed by atoms with Crippen molar-refractivity contribution in [2.75, 3.05) is 25.6 Å². The third kappa shape index (κ3) is 6.62. The molecule has 0 aliphatic heterocycles. The van der Waals surface area contributed by atoms with E-state index in [4.69, 9.17) is 17.0 Å². The zero-order chi connectivity index (χ0) is 24.7. The molecular weight excluding hydrogens is 475 g/mol. The lowest BCUT2D eigenvalue weighted by Crippen LogP contribution is -2.35. The number of hydrogen-bond acceptors (Lipinski definition) is 5. The highest BCUT2D eigenvalue weighted by Crippen LogP contribution is 2.20. The maximum atomic E-state index is 13.2. The van der Waals surface area contributed by atoms with Crippen LogP contribution in [-0.4, -0.2) is 48.2 Å². The number of benzene rings is 2. The molecule has 1 N–H and O–H groups in total. The van der Waals surface area contributed by atoms with Crippen LogP contribution in [0.15, 0.2) is 59.9 Å². The van der Waals surface area contributed by atoms with Gasteiger partial charge in [-0.05, 0) is 55.9 Å². The van der Waals surface area contributed by atoms with Gasteiger partial charge in [0.25, 0.3) is 0 Å². The van der Waals surface area contributed by atoms with E-state index in [0.29, 0.717) is 48.3 Å². The van der Waals surface area contributed by atoms with Crippen LogP contribution in [0.3, 0.4) is 0 Å². The van der Waals surface area contributed by atoms with Crippen LogP contribution >= 0.6 is 12.2 Å². The molecule has 1 aromatic heterocycles. The second-order valence-corrected chi connectivity index (χ2v) is 10.1. The van der Waals surface area contributed by atoms with E-state index in [1.807, 2.05) is 43.0 Å². The van der Waals surface area contributed by atoms with Crippen molar-refractivity contribution in [1.29, 1.82) is 0 Å².